The second kappa shape index (κ2) is 3.01. The SMILES string of the molecule is Cc1nc2cc(S(N)(=O)=O)ccc2s1. The summed E-state index contributed by atoms with van der Waals surface area (Å²) in [5.74, 6) is 0. The van der Waals surface area contributed by atoms with Gasteiger partial charge in [-0.05, 0) is 25.1 Å². The van der Waals surface area contributed by atoms with Crippen molar-refractivity contribution in [2.24, 2.45) is 5.14 Å². The zero-order chi connectivity index (χ0) is 10.3. The van der Waals surface area contributed by atoms with E-state index in [1.807, 2.05) is 6.92 Å². The Bertz CT molecular complexity index is 586. The van der Waals surface area contributed by atoms with Gasteiger partial charge in [0.25, 0.3) is 0 Å². The van der Waals surface area contributed by atoms with E-state index < -0.39 is 10.0 Å². The van der Waals surface area contributed by atoms with Crippen molar-refractivity contribution in [1.29, 1.82) is 0 Å². The Morgan fingerprint density at radius 2 is 2.14 bits per heavy atom. The Morgan fingerprint density at radius 1 is 1.43 bits per heavy atom. The minimum Gasteiger partial charge on any atom is -0.241 e. The third kappa shape index (κ3) is 1.63. The number of rotatable bonds is 1. The fraction of sp³-hybridized carbons (Fsp3) is 0.125. The van der Waals surface area contributed by atoms with Crippen molar-refractivity contribution >= 4 is 31.6 Å². The normalized spacial score (nSPS) is 12.1. The summed E-state index contributed by atoms with van der Waals surface area (Å²) in [5, 5.41) is 5.91. The van der Waals surface area contributed by atoms with E-state index in [1.54, 1.807) is 6.07 Å². The van der Waals surface area contributed by atoms with Crippen LogP contribution in [0.3, 0.4) is 0 Å². The summed E-state index contributed by atoms with van der Waals surface area (Å²) in [5.41, 5.74) is 0.680. The summed E-state index contributed by atoms with van der Waals surface area (Å²) in [7, 11) is -3.62. The van der Waals surface area contributed by atoms with Gasteiger partial charge in [0.05, 0.1) is 20.1 Å². The van der Waals surface area contributed by atoms with Crippen molar-refractivity contribution in [3.63, 3.8) is 0 Å². The molecule has 0 spiro atoms. The van der Waals surface area contributed by atoms with Crippen LogP contribution in [-0.4, -0.2) is 13.4 Å². The first kappa shape index (κ1) is 9.57. The highest BCUT2D eigenvalue weighted by Gasteiger charge is 2.09. The number of primary sulfonamides is 1. The fourth-order valence-electron chi connectivity index (χ4n) is 1.20. The lowest BCUT2D eigenvalue weighted by Gasteiger charge is -1.95. The second-order valence-electron chi connectivity index (χ2n) is 2.91. The molecule has 0 amide bonds. The predicted molar refractivity (Wildman–Crippen MR) is 55.7 cm³/mol. The summed E-state index contributed by atoms with van der Waals surface area (Å²) < 4.78 is 23.0. The third-order valence-corrected chi connectivity index (χ3v) is 3.66. The van der Waals surface area contributed by atoms with Crippen molar-refractivity contribution < 1.29 is 8.42 Å². The number of thiazole rings is 1. The molecule has 4 nitrogen and oxygen atoms in total. The van der Waals surface area contributed by atoms with E-state index in [2.05, 4.69) is 4.98 Å². The number of nitrogens with two attached hydrogens (primary N) is 1. The van der Waals surface area contributed by atoms with Crippen LogP contribution in [-0.2, 0) is 10.0 Å². The van der Waals surface area contributed by atoms with E-state index in [1.165, 1.54) is 23.5 Å². The maximum Gasteiger partial charge on any atom is 0.238 e. The molecule has 0 saturated carbocycles. The van der Waals surface area contributed by atoms with Crippen LogP contribution in [0, 0.1) is 6.92 Å². The van der Waals surface area contributed by atoms with Gasteiger partial charge in [0, 0.05) is 0 Å². The average molecular weight is 228 g/mol. The number of sulfonamides is 1. The second-order valence-corrected chi connectivity index (χ2v) is 5.70. The van der Waals surface area contributed by atoms with E-state index in [-0.39, 0.29) is 4.90 Å². The monoisotopic (exact) mass is 228 g/mol. The number of aromatic nitrogens is 1. The Balaban J connectivity index is 2.74. The molecule has 2 rings (SSSR count). The smallest absolute Gasteiger partial charge is 0.238 e. The quantitative estimate of drug-likeness (QED) is 0.798. The lowest BCUT2D eigenvalue weighted by molar-refractivity contribution is 0.598. The molecule has 0 aliphatic rings. The van der Waals surface area contributed by atoms with Crippen LogP contribution >= 0.6 is 11.3 Å². The number of hydrogen-bond acceptors (Lipinski definition) is 4. The molecule has 6 heteroatoms. The lowest BCUT2D eigenvalue weighted by Crippen LogP contribution is -2.11. The Morgan fingerprint density at radius 3 is 2.79 bits per heavy atom. The molecule has 0 aliphatic heterocycles. The van der Waals surface area contributed by atoms with Crippen molar-refractivity contribution in [1.82, 2.24) is 4.98 Å². The molecule has 74 valence electrons. The topological polar surface area (TPSA) is 73.0 Å². The molecule has 0 atom stereocenters. The summed E-state index contributed by atoms with van der Waals surface area (Å²) in [6, 6.07) is 4.71. The number of fused-ring (bicyclic) bond motifs is 1. The highest BCUT2D eigenvalue weighted by atomic mass is 32.2. The molecule has 2 N–H and O–H groups in total. The van der Waals surface area contributed by atoms with Gasteiger partial charge in [0.1, 0.15) is 0 Å². The van der Waals surface area contributed by atoms with Crippen LogP contribution in [0.25, 0.3) is 10.2 Å². The van der Waals surface area contributed by atoms with Crippen LogP contribution in [0.2, 0.25) is 0 Å². The van der Waals surface area contributed by atoms with Crippen LogP contribution in [0.15, 0.2) is 23.1 Å². The number of aryl methyl sites for hydroxylation is 1. The van der Waals surface area contributed by atoms with Crippen molar-refractivity contribution in [2.45, 2.75) is 11.8 Å². The fourth-order valence-corrected chi connectivity index (χ4v) is 2.54. The highest BCUT2D eigenvalue weighted by molar-refractivity contribution is 7.89. The average Bonchev–Trinajstić information content (AvgIpc) is 2.41. The molecule has 1 heterocycles. The van der Waals surface area contributed by atoms with Crippen LogP contribution in [0.4, 0.5) is 0 Å². The molecule has 0 radical (unpaired) electrons. The van der Waals surface area contributed by atoms with Gasteiger partial charge in [-0.3, -0.25) is 0 Å². The van der Waals surface area contributed by atoms with Crippen molar-refractivity contribution in [2.75, 3.05) is 0 Å². The molecular formula is C8H8N2O2S2. The van der Waals surface area contributed by atoms with Gasteiger partial charge in [0.2, 0.25) is 10.0 Å². The Kier molecular flexibility index (Phi) is 2.06. The van der Waals surface area contributed by atoms with E-state index in [0.717, 1.165) is 9.71 Å². The minimum atomic E-state index is -3.62. The zero-order valence-corrected chi connectivity index (χ0v) is 9.02. The summed E-state index contributed by atoms with van der Waals surface area (Å²) in [6.45, 7) is 1.88. The summed E-state index contributed by atoms with van der Waals surface area (Å²) >= 11 is 1.52. The molecule has 2 aromatic rings. The predicted octanol–water partition coefficient (Wildman–Crippen LogP) is 1.25. The third-order valence-electron chi connectivity index (χ3n) is 1.79. The first-order chi connectivity index (χ1) is 6.47. The molecule has 14 heavy (non-hydrogen) atoms. The van der Waals surface area contributed by atoms with Gasteiger partial charge in [-0.15, -0.1) is 11.3 Å². The zero-order valence-electron chi connectivity index (χ0n) is 7.39. The first-order valence-corrected chi connectivity index (χ1v) is 6.23. The first-order valence-electron chi connectivity index (χ1n) is 3.87. The van der Waals surface area contributed by atoms with Gasteiger partial charge in [-0.2, -0.15) is 0 Å². The molecule has 1 aromatic heterocycles. The molecule has 0 bridgehead atoms. The molecule has 1 aromatic carbocycles. The van der Waals surface area contributed by atoms with Crippen LogP contribution in [0.5, 0.6) is 0 Å². The van der Waals surface area contributed by atoms with Gasteiger partial charge in [0.15, 0.2) is 0 Å². The summed E-state index contributed by atoms with van der Waals surface area (Å²) in [4.78, 5) is 4.29. The van der Waals surface area contributed by atoms with Gasteiger partial charge in [-0.25, -0.2) is 18.5 Å². The largest absolute Gasteiger partial charge is 0.241 e. The van der Waals surface area contributed by atoms with Gasteiger partial charge >= 0.3 is 0 Å². The van der Waals surface area contributed by atoms with Gasteiger partial charge in [-0.1, -0.05) is 0 Å². The van der Waals surface area contributed by atoms with E-state index >= 15 is 0 Å². The molecule has 0 aliphatic carbocycles. The number of nitrogens with zero attached hydrogens (tertiary/aromatic N) is 1. The van der Waals surface area contributed by atoms with E-state index in [9.17, 15) is 8.42 Å². The van der Waals surface area contributed by atoms with Crippen molar-refractivity contribution in [3.8, 4) is 0 Å². The number of benzene rings is 1. The van der Waals surface area contributed by atoms with Crippen molar-refractivity contribution in [3.05, 3.63) is 23.2 Å². The van der Waals surface area contributed by atoms with Crippen LogP contribution in [0.1, 0.15) is 5.01 Å². The lowest BCUT2D eigenvalue weighted by atomic mass is 10.3. The summed E-state index contributed by atoms with van der Waals surface area (Å²) in [6.07, 6.45) is 0. The maximum atomic E-state index is 11.0. The Hall–Kier alpha value is -0.980. The van der Waals surface area contributed by atoms with Crippen LogP contribution < -0.4 is 5.14 Å². The Labute approximate surface area is 85.4 Å². The van der Waals surface area contributed by atoms with E-state index in [4.69, 9.17) is 5.14 Å². The highest BCUT2D eigenvalue weighted by Crippen LogP contribution is 2.23. The molecule has 0 unspecified atom stereocenters. The van der Waals surface area contributed by atoms with E-state index in [0.29, 0.717) is 5.52 Å². The maximum absolute atomic E-state index is 11.0. The van der Waals surface area contributed by atoms with Gasteiger partial charge < -0.3 is 0 Å². The number of hydrogen-bond donors (Lipinski definition) is 1. The molecular weight excluding hydrogens is 220 g/mol. The standard InChI is InChI=1S/C8H8N2O2S2/c1-5-10-7-4-6(14(9,11)12)2-3-8(7)13-5/h2-4H,1H3,(H2,9,11,12). The molecule has 0 saturated heterocycles. The molecule has 0 fully saturated rings. The minimum absolute atomic E-state index is 0.107.